The van der Waals surface area contributed by atoms with Crippen LogP contribution in [0.3, 0.4) is 0 Å². The molecule has 1 heterocycles. The van der Waals surface area contributed by atoms with Gasteiger partial charge in [0, 0.05) is 30.9 Å². The zero-order valence-corrected chi connectivity index (χ0v) is 14.8. The molecule has 2 amide bonds. The first kappa shape index (κ1) is 18.4. The average Bonchev–Trinajstić information content (AvgIpc) is 2.63. The van der Waals surface area contributed by atoms with E-state index in [0.717, 1.165) is 11.3 Å². The van der Waals surface area contributed by atoms with Crippen molar-refractivity contribution >= 4 is 23.3 Å². The van der Waals surface area contributed by atoms with Crippen LogP contribution in [0, 0.1) is 0 Å². The molecule has 0 aliphatic rings. The smallest absolute Gasteiger partial charge is 0.252 e. The summed E-state index contributed by atoms with van der Waals surface area (Å²) in [7, 11) is 0. The number of hydrogen-bond acceptors (Lipinski definition) is 4. The second kappa shape index (κ2) is 8.82. The summed E-state index contributed by atoms with van der Waals surface area (Å²) in [4.78, 5) is 27.4. The minimum absolute atomic E-state index is 0.00433. The van der Waals surface area contributed by atoms with Crippen LogP contribution in [0.25, 0.3) is 0 Å². The molecule has 0 aliphatic carbocycles. The predicted molar refractivity (Wildman–Crippen MR) is 99.6 cm³/mol. The molecule has 2 rings (SSSR count). The summed E-state index contributed by atoms with van der Waals surface area (Å²) in [6.07, 6.45) is 2.01. The van der Waals surface area contributed by atoms with E-state index in [0.29, 0.717) is 24.3 Å². The minimum Gasteiger partial charge on any atom is -0.364 e. The number of carbonyl (C=O) groups excluding carboxylic acids is 2. The number of rotatable bonds is 7. The highest BCUT2D eigenvalue weighted by molar-refractivity contribution is 5.94. The maximum atomic E-state index is 11.7. The van der Waals surface area contributed by atoms with Crippen LogP contribution in [0.2, 0.25) is 0 Å². The molecule has 0 spiro atoms. The molecule has 0 aliphatic heterocycles. The van der Waals surface area contributed by atoms with Gasteiger partial charge in [-0.1, -0.05) is 19.1 Å². The van der Waals surface area contributed by atoms with Gasteiger partial charge < -0.3 is 16.0 Å². The van der Waals surface area contributed by atoms with Crippen LogP contribution in [0.5, 0.6) is 0 Å². The third kappa shape index (κ3) is 5.31. The second-order valence-electron chi connectivity index (χ2n) is 5.68. The number of amides is 2. The summed E-state index contributed by atoms with van der Waals surface area (Å²) in [5.41, 5.74) is 2.40. The van der Waals surface area contributed by atoms with Crippen molar-refractivity contribution in [3.8, 4) is 0 Å². The number of aromatic nitrogens is 1. The van der Waals surface area contributed by atoms with E-state index in [1.54, 1.807) is 18.3 Å². The van der Waals surface area contributed by atoms with Crippen molar-refractivity contribution < 1.29 is 9.59 Å². The van der Waals surface area contributed by atoms with Crippen molar-refractivity contribution in [3.63, 3.8) is 0 Å². The summed E-state index contributed by atoms with van der Waals surface area (Å²) >= 11 is 0. The Balaban J connectivity index is 1.98. The van der Waals surface area contributed by atoms with Crippen LogP contribution in [0.15, 0.2) is 42.6 Å². The lowest BCUT2D eigenvalue weighted by atomic mass is 10.1. The minimum atomic E-state index is -0.126. The highest BCUT2D eigenvalue weighted by atomic mass is 16.2. The van der Waals surface area contributed by atoms with Gasteiger partial charge >= 0.3 is 0 Å². The fourth-order valence-electron chi connectivity index (χ4n) is 2.29. The van der Waals surface area contributed by atoms with Crippen molar-refractivity contribution in [2.24, 2.45) is 0 Å². The summed E-state index contributed by atoms with van der Waals surface area (Å²) in [5.74, 6) is 0.568. The molecule has 6 nitrogen and oxygen atoms in total. The molecule has 25 heavy (non-hydrogen) atoms. The maximum absolute atomic E-state index is 11.7. The SMILES string of the molecule is CCNC(=O)c1ccc(N[C@@H](C)c2ccc(NC(=O)CC)cc2)nc1. The average molecular weight is 340 g/mol. The molecule has 1 atom stereocenters. The molecule has 0 fully saturated rings. The summed E-state index contributed by atoms with van der Waals surface area (Å²) < 4.78 is 0. The Bertz CT molecular complexity index is 711. The number of carbonyl (C=O) groups is 2. The first-order valence-corrected chi connectivity index (χ1v) is 8.44. The lowest BCUT2D eigenvalue weighted by molar-refractivity contribution is -0.115. The summed E-state index contributed by atoms with van der Waals surface area (Å²) in [5, 5.41) is 8.86. The van der Waals surface area contributed by atoms with E-state index in [1.807, 2.05) is 45.0 Å². The van der Waals surface area contributed by atoms with Gasteiger partial charge in [0.05, 0.1) is 5.56 Å². The Morgan fingerprint density at radius 3 is 2.36 bits per heavy atom. The van der Waals surface area contributed by atoms with Gasteiger partial charge in [0.1, 0.15) is 5.82 Å². The number of hydrogen-bond donors (Lipinski definition) is 3. The summed E-state index contributed by atoms with van der Waals surface area (Å²) in [6.45, 7) is 6.31. The maximum Gasteiger partial charge on any atom is 0.252 e. The molecule has 1 aromatic heterocycles. The third-order valence-corrected chi connectivity index (χ3v) is 3.74. The van der Waals surface area contributed by atoms with Crippen LogP contribution in [-0.4, -0.2) is 23.3 Å². The first-order chi connectivity index (χ1) is 12.0. The van der Waals surface area contributed by atoms with Gasteiger partial charge in [0.15, 0.2) is 0 Å². The number of nitrogens with one attached hydrogen (secondary N) is 3. The van der Waals surface area contributed by atoms with Gasteiger partial charge in [-0.3, -0.25) is 9.59 Å². The molecule has 6 heteroatoms. The van der Waals surface area contributed by atoms with Gasteiger partial charge in [-0.2, -0.15) is 0 Å². The van der Waals surface area contributed by atoms with Crippen LogP contribution in [0.4, 0.5) is 11.5 Å². The third-order valence-electron chi connectivity index (χ3n) is 3.74. The molecule has 3 N–H and O–H groups in total. The number of anilines is 2. The molecular weight excluding hydrogens is 316 g/mol. The van der Waals surface area contributed by atoms with Gasteiger partial charge in [0.25, 0.3) is 5.91 Å². The van der Waals surface area contributed by atoms with E-state index in [-0.39, 0.29) is 17.9 Å². The molecule has 0 bridgehead atoms. The Morgan fingerprint density at radius 2 is 1.80 bits per heavy atom. The Hall–Kier alpha value is -2.89. The number of nitrogens with zero attached hydrogens (tertiary/aromatic N) is 1. The molecule has 1 aromatic carbocycles. The van der Waals surface area contributed by atoms with Crippen LogP contribution in [0.1, 0.15) is 49.2 Å². The topological polar surface area (TPSA) is 83.1 Å². The molecule has 0 saturated heterocycles. The molecule has 0 saturated carbocycles. The standard InChI is InChI=1S/C19H24N4O2/c1-4-18(24)23-16-9-6-14(7-10-16)13(3)22-17-11-8-15(12-21-17)19(25)20-5-2/h6-13H,4-5H2,1-3H3,(H,20,25)(H,21,22)(H,23,24)/t13-/m0/s1. The lowest BCUT2D eigenvalue weighted by Gasteiger charge is -2.16. The van der Waals surface area contributed by atoms with Gasteiger partial charge in [-0.05, 0) is 43.7 Å². The van der Waals surface area contributed by atoms with E-state index >= 15 is 0 Å². The van der Waals surface area contributed by atoms with E-state index in [2.05, 4.69) is 20.9 Å². The molecule has 2 aromatic rings. The molecular formula is C19H24N4O2. The van der Waals surface area contributed by atoms with E-state index < -0.39 is 0 Å². The van der Waals surface area contributed by atoms with Crippen molar-refractivity contribution in [2.75, 3.05) is 17.2 Å². The number of pyridine rings is 1. The first-order valence-electron chi connectivity index (χ1n) is 8.44. The Kier molecular flexibility index (Phi) is 6.51. The fourth-order valence-corrected chi connectivity index (χ4v) is 2.29. The van der Waals surface area contributed by atoms with Crippen LogP contribution in [-0.2, 0) is 4.79 Å². The normalized spacial score (nSPS) is 11.5. The van der Waals surface area contributed by atoms with Gasteiger partial charge in [-0.15, -0.1) is 0 Å². The Morgan fingerprint density at radius 1 is 1.08 bits per heavy atom. The van der Waals surface area contributed by atoms with E-state index in [1.165, 1.54) is 0 Å². The monoisotopic (exact) mass is 340 g/mol. The van der Waals surface area contributed by atoms with E-state index in [9.17, 15) is 9.59 Å². The van der Waals surface area contributed by atoms with Crippen LogP contribution < -0.4 is 16.0 Å². The fraction of sp³-hybridized carbons (Fsp3) is 0.316. The zero-order valence-electron chi connectivity index (χ0n) is 14.8. The largest absolute Gasteiger partial charge is 0.364 e. The lowest BCUT2D eigenvalue weighted by Crippen LogP contribution is -2.22. The number of benzene rings is 1. The summed E-state index contributed by atoms with van der Waals surface area (Å²) in [6, 6.07) is 11.3. The molecule has 0 radical (unpaired) electrons. The van der Waals surface area contributed by atoms with E-state index in [4.69, 9.17) is 0 Å². The Labute approximate surface area is 148 Å². The van der Waals surface area contributed by atoms with Crippen molar-refractivity contribution in [2.45, 2.75) is 33.2 Å². The van der Waals surface area contributed by atoms with Crippen LogP contribution >= 0.6 is 0 Å². The molecule has 0 unspecified atom stereocenters. The highest BCUT2D eigenvalue weighted by Gasteiger charge is 2.08. The van der Waals surface area contributed by atoms with Gasteiger partial charge in [0.2, 0.25) is 5.91 Å². The zero-order chi connectivity index (χ0) is 18.2. The van der Waals surface area contributed by atoms with Crippen molar-refractivity contribution in [3.05, 3.63) is 53.7 Å². The molecule has 132 valence electrons. The van der Waals surface area contributed by atoms with Gasteiger partial charge in [-0.25, -0.2) is 4.98 Å². The highest BCUT2D eigenvalue weighted by Crippen LogP contribution is 2.20. The predicted octanol–water partition coefficient (Wildman–Crippen LogP) is 3.35. The second-order valence-corrected chi connectivity index (χ2v) is 5.68. The quantitative estimate of drug-likeness (QED) is 0.722. The van der Waals surface area contributed by atoms with Crippen molar-refractivity contribution in [1.29, 1.82) is 0 Å². The van der Waals surface area contributed by atoms with Crippen molar-refractivity contribution in [1.82, 2.24) is 10.3 Å².